The summed E-state index contributed by atoms with van der Waals surface area (Å²) in [7, 11) is 0. The number of benzene rings is 2. The van der Waals surface area contributed by atoms with E-state index in [4.69, 9.17) is 16.3 Å². The Morgan fingerprint density at radius 1 is 1.04 bits per heavy atom. The molecule has 2 saturated heterocycles. The number of nitrogens with zero attached hydrogens (tertiary/aromatic N) is 6. The van der Waals surface area contributed by atoms with Crippen molar-refractivity contribution in [3.8, 4) is 6.07 Å². The Bertz CT molecular complexity index is 1650. The molecule has 236 valence electrons. The van der Waals surface area contributed by atoms with Crippen LogP contribution >= 0.6 is 11.6 Å². The second kappa shape index (κ2) is 13.3. The number of aromatic nitrogens is 4. The van der Waals surface area contributed by atoms with Crippen LogP contribution in [0, 0.1) is 17.2 Å². The van der Waals surface area contributed by atoms with Gasteiger partial charge in [0.25, 0.3) is 0 Å². The van der Waals surface area contributed by atoms with Gasteiger partial charge in [-0.05, 0) is 77.0 Å². The number of fused-ring (bicyclic) bond motifs is 1. The molecule has 2 aromatic carbocycles. The lowest BCUT2D eigenvalue weighted by Crippen LogP contribution is -2.46. The third-order valence-corrected chi connectivity index (χ3v) is 9.73. The summed E-state index contributed by atoms with van der Waals surface area (Å²) < 4.78 is 7.62. The van der Waals surface area contributed by atoms with E-state index in [0.717, 1.165) is 80.0 Å². The molecule has 6 rings (SSSR count). The summed E-state index contributed by atoms with van der Waals surface area (Å²) in [5, 5.41) is 28.0. The minimum Gasteiger partial charge on any atom is -0.381 e. The largest absolute Gasteiger partial charge is 0.381 e. The maximum absolute atomic E-state index is 10.0. The number of hydrogen-bond acceptors (Lipinski definition) is 8. The topological polar surface area (TPSA) is 104 Å². The van der Waals surface area contributed by atoms with Gasteiger partial charge in [-0.2, -0.15) is 5.26 Å². The number of piperidine rings is 1. The highest BCUT2D eigenvalue weighted by Crippen LogP contribution is 2.37. The van der Waals surface area contributed by atoms with Crippen molar-refractivity contribution in [3.05, 3.63) is 76.7 Å². The van der Waals surface area contributed by atoms with Crippen molar-refractivity contribution in [3.63, 3.8) is 0 Å². The molecule has 2 aliphatic heterocycles. The van der Waals surface area contributed by atoms with Gasteiger partial charge in [0.2, 0.25) is 0 Å². The molecule has 4 heterocycles. The van der Waals surface area contributed by atoms with Crippen LogP contribution < -0.4 is 10.6 Å². The molecule has 0 bridgehead atoms. The molecule has 2 aromatic heterocycles. The van der Waals surface area contributed by atoms with Crippen LogP contribution in [0.25, 0.3) is 10.9 Å². The third kappa shape index (κ3) is 6.94. The van der Waals surface area contributed by atoms with Gasteiger partial charge in [0, 0.05) is 55.2 Å². The van der Waals surface area contributed by atoms with Crippen molar-refractivity contribution in [1.29, 1.82) is 5.26 Å². The number of hydrogen-bond donors (Lipinski definition) is 2. The zero-order valence-electron chi connectivity index (χ0n) is 26.6. The molecule has 0 spiro atoms. The number of pyridine rings is 1. The fourth-order valence-corrected chi connectivity index (χ4v) is 6.96. The number of ether oxygens (including phenoxy) is 1. The molecule has 0 unspecified atom stereocenters. The molecule has 0 aliphatic carbocycles. The smallest absolute Gasteiger partial charge is 0.109 e. The first-order chi connectivity index (χ1) is 21.7. The average Bonchev–Trinajstić information content (AvgIpc) is 3.54. The number of nitriles is 1. The van der Waals surface area contributed by atoms with Gasteiger partial charge in [0.15, 0.2) is 0 Å². The van der Waals surface area contributed by atoms with Gasteiger partial charge in [-0.1, -0.05) is 47.1 Å². The van der Waals surface area contributed by atoms with E-state index in [0.29, 0.717) is 28.1 Å². The Kier molecular flexibility index (Phi) is 9.27. The summed E-state index contributed by atoms with van der Waals surface area (Å²) in [5.41, 5.74) is 4.80. The fourth-order valence-electron chi connectivity index (χ4n) is 6.69. The van der Waals surface area contributed by atoms with Crippen molar-refractivity contribution < 1.29 is 4.74 Å². The standard InChI is InChI=1S/C35H43ClN8O/c1-23(24-12-16-45-17-13-24)39-32-26(20-37)21-38-34-29(32)18-27(19-30(34)36)40-33(25-8-6-5-7-9-25)31-22-44(42-41-31)28-10-14-43(15-11-28)35(2,3)4/h5-9,18-19,21-24,28,33,40H,10-17H2,1-4H3,(H,38,39)/t23-,33+/m1/s1. The Balaban J connectivity index is 1.31. The van der Waals surface area contributed by atoms with Gasteiger partial charge in [-0.25, -0.2) is 4.68 Å². The monoisotopic (exact) mass is 626 g/mol. The molecule has 0 radical (unpaired) electrons. The molecule has 0 saturated carbocycles. The lowest BCUT2D eigenvalue weighted by atomic mass is 9.92. The molecule has 2 N–H and O–H groups in total. The highest BCUT2D eigenvalue weighted by molar-refractivity contribution is 6.35. The van der Waals surface area contributed by atoms with Crippen molar-refractivity contribution in [2.75, 3.05) is 36.9 Å². The van der Waals surface area contributed by atoms with Crippen LogP contribution in [0.5, 0.6) is 0 Å². The molecular formula is C35H43ClN8O. The molecule has 9 nitrogen and oxygen atoms in total. The number of rotatable bonds is 8. The Labute approximate surface area is 270 Å². The predicted molar refractivity (Wildman–Crippen MR) is 180 cm³/mol. The first-order valence-corrected chi connectivity index (χ1v) is 16.4. The summed E-state index contributed by atoms with van der Waals surface area (Å²) in [6.07, 6.45) is 7.75. The number of anilines is 2. The summed E-state index contributed by atoms with van der Waals surface area (Å²) in [5.74, 6) is 0.455. The molecule has 10 heteroatoms. The van der Waals surface area contributed by atoms with Crippen LogP contribution in [0.1, 0.15) is 82.3 Å². The number of nitrogens with one attached hydrogen (secondary N) is 2. The van der Waals surface area contributed by atoms with Crippen LogP contribution in [0.3, 0.4) is 0 Å². The van der Waals surface area contributed by atoms with E-state index in [-0.39, 0.29) is 17.6 Å². The molecule has 45 heavy (non-hydrogen) atoms. The van der Waals surface area contributed by atoms with Gasteiger partial charge in [0.1, 0.15) is 11.8 Å². The summed E-state index contributed by atoms with van der Waals surface area (Å²) in [6.45, 7) is 12.6. The van der Waals surface area contributed by atoms with Crippen LogP contribution in [0.4, 0.5) is 11.4 Å². The van der Waals surface area contributed by atoms with Crippen LogP contribution in [0.2, 0.25) is 5.02 Å². The van der Waals surface area contributed by atoms with Crippen molar-refractivity contribution >= 4 is 33.9 Å². The molecular weight excluding hydrogens is 584 g/mol. The number of likely N-dealkylation sites (tertiary alicyclic amines) is 1. The van der Waals surface area contributed by atoms with Gasteiger partial charge >= 0.3 is 0 Å². The van der Waals surface area contributed by atoms with E-state index in [1.54, 1.807) is 6.20 Å². The van der Waals surface area contributed by atoms with E-state index in [9.17, 15) is 5.26 Å². The quantitative estimate of drug-likeness (QED) is 0.211. The molecule has 0 amide bonds. The Hall–Kier alpha value is -3.71. The number of halogens is 1. The first-order valence-electron chi connectivity index (χ1n) is 16.1. The summed E-state index contributed by atoms with van der Waals surface area (Å²) in [4.78, 5) is 7.11. The van der Waals surface area contributed by atoms with Gasteiger partial charge in [0.05, 0.1) is 40.1 Å². The van der Waals surface area contributed by atoms with Crippen molar-refractivity contribution in [1.82, 2.24) is 24.9 Å². The third-order valence-electron chi connectivity index (χ3n) is 9.45. The Morgan fingerprint density at radius 3 is 2.47 bits per heavy atom. The van der Waals surface area contributed by atoms with E-state index < -0.39 is 0 Å². The molecule has 2 atom stereocenters. The summed E-state index contributed by atoms with van der Waals surface area (Å²) in [6, 6.07) is 16.8. The van der Waals surface area contributed by atoms with Crippen LogP contribution in [-0.4, -0.2) is 62.8 Å². The maximum Gasteiger partial charge on any atom is 0.109 e. The van der Waals surface area contributed by atoms with E-state index in [2.05, 4.69) is 82.9 Å². The average molecular weight is 627 g/mol. The van der Waals surface area contributed by atoms with Crippen LogP contribution in [0.15, 0.2) is 54.9 Å². The van der Waals surface area contributed by atoms with E-state index >= 15 is 0 Å². The van der Waals surface area contributed by atoms with Crippen LogP contribution in [-0.2, 0) is 4.74 Å². The highest BCUT2D eigenvalue weighted by Gasteiger charge is 2.29. The maximum atomic E-state index is 10.0. The zero-order chi connectivity index (χ0) is 31.6. The first kappa shape index (κ1) is 31.3. The van der Waals surface area contributed by atoms with E-state index in [1.807, 2.05) is 35.0 Å². The van der Waals surface area contributed by atoms with Gasteiger partial charge in [-0.3, -0.25) is 9.88 Å². The Morgan fingerprint density at radius 2 is 1.78 bits per heavy atom. The van der Waals surface area contributed by atoms with Gasteiger partial charge < -0.3 is 15.4 Å². The molecule has 2 fully saturated rings. The highest BCUT2D eigenvalue weighted by atomic mass is 35.5. The minimum absolute atomic E-state index is 0.157. The SMILES string of the molecule is C[C@@H](Nc1c(C#N)cnc2c(Cl)cc(N[C@@H](c3ccccc3)c3cn(C4CCN(C(C)(C)C)CC4)nn3)cc12)C1CCOCC1. The lowest BCUT2D eigenvalue weighted by molar-refractivity contribution is 0.0622. The minimum atomic E-state index is -0.257. The molecule has 4 aromatic rings. The van der Waals surface area contributed by atoms with E-state index in [1.165, 1.54) is 0 Å². The van der Waals surface area contributed by atoms with Crippen molar-refractivity contribution in [2.24, 2.45) is 5.92 Å². The van der Waals surface area contributed by atoms with Gasteiger partial charge in [-0.15, -0.1) is 5.10 Å². The molecule has 2 aliphatic rings. The fraction of sp³-hybridized carbons (Fsp3) is 0.486. The zero-order valence-corrected chi connectivity index (χ0v) is 27.4. The lowest BCUT2D eigenvalue weighted by Gasteiger charge is -2.40. The predicted octanol–water partition coefficient (Wildman–Crippen LogP) is 7.22. The second-order valence-corrected chi connectivity index (χ2v) is 13.8. The van der Waals surface area contributed by atoms with Crippen molar-refractivity contribution in [2.45, 2.75) is 77.0 Å². The second-order valence-electron chi connectivity index (χ2n) is 13.4. The normalized spacial score (nSPS) is 18.4. The summed E-state index contributed by atoms with van der Waals surface area (Å²) >= 11 is 6.87.